The number of nitrogens with one attached hydrogen (secondary N) is 1. The Bertz CT molecular complexity index is 570. The second kappa shape index (κ2) is 6.54. The van der Waals surface area contributed by atoms with Crippen molar-refractivity contribution in [3.8, 4) is 0 Å². The summed E-state index contributed by atoms with van der Waals surface area (Å²) in [4.78, 5) is 18.0. The van der Waals surface area contributed by atoms with Crippen LogP contribution in [0.25, 0.3) is 0 Å². The SMILES string of the molecule is CN(C)C(CNC(=O)c1cnccc1Cl)c1ccco1. The topological polar surface area (TPSA) is 58.4 Å². The summed E-state index contributed by atoms with van der Waals surface area (Å²) >= 11 is 5.97. The number of halogens is 1. The van der Waals surface area contributed by atoms with Crippen LogP contribution in [0.2, 0.25) is 5.02 Å². The van der Waals surface area contributed by atoms with E-state index < -0.39 is 0 Å². The lowest BCUT2D eigenvalue weighted by atomic mass is 10.2. The van der Waals surface area contributed by atoms with E-state index in [9.17, 15) is 4.79 Å². The first kappa shape index (κ1) is 14.6. The largest absolute Gasteiger partial charge is 0.468 e. The summed E-state index contributed by atoms with van der Waals surface area (Å²) < 4.78 is 5.39. The highest BCUT2D eigenvalue weighted by molar-refractivity contribution is 6.33. The van der Waals surface area contributed by atoms with E-state index in [2.05, 4.69) is 10.3 Å². The van der Waals surface area contributed by atoms with E-state index in [-0.39, 0.29) is 11.9 Å². The molecule has 2 heterocycles. The second-order valence-corrected chi connectivity index (χ2v) is 4.97. The molecule has 0 aromatic carbocycles. The minimum absolute atomic E-state index is 0.0376. The highest BCUT2D eigenvalue weighted by atomic mass is 35.5. The number of rotatable bonds is 5. The van der Waals surface area contributed by atoms with Crippen molar-refractivity contribution >= 4 is 17.5 Å². The maximum atomic E-state index is 12.1. The van der Waals surface area contributed by atoms with E-state index >= 15 is 0 Å². The lowest BCUT2D eigenvalue weighted by Crippen LogP contribution is -2.34. The molecule has 0 aliphatic rings. The fourth-order valence-corrected chi connectivity index (χ4v) is 2.04. The molecule has 20 heavy (non-hydrogen) atoms. The fraction of sp³-hybridized carbons (Fsp3) is 0.286. The molecule has 1 atom stereocenters. The van der Waals surface area contributed by atoms with Crippen LogP contribution >= 0.6 is 11.6 Å². The van der Waals surface area contributed by atoms with Crippen LogP contribution in [-0.2, 0) is 0 Å². The number of hydrogen-bond acceptors (Lipinski definition) is 4. The van der Waals surface area contributed by atoms with Gasteiger partial charge in [-0.05, 0) is 32.3 Å². The van der Waals surface area contributed by atoms with Crippen LogP contribution in [-0.4, -0.2) is 36.4 Å². The molecule has 0 bridgehead atoms. The van der Waals surface area contributed by atoms with Gasteiger partial charge in [0.1, 0.15) is 5.76 Å². The molecule has 5 nitrogen and oxygen atoms in total. The number of likely N-dealkylation sites (N-methyl/N-ethyl adjacent to an activating group) is 1. The van der Waals surface area contributed by atoms with E-state index in [1.807, 2.05) is 31.1 Å². The van der Waals surface area contributed by atoms with Crippen LogP contribution in [0.1, 0.15) is 22.2 Å². The van der Waals surface area contributed by atoms with Gasteiger partial charge in [-0.2, -0.15) is 0 Å². The van der Waals surface area contributed by atoms with Crippen molar-refractivity contribution in [3.63, 3.8) is 0 Å². The molecule has 2 rings (SSSR count). The Labute approximate surface area is 122 Å². The monoisotopic (exact) mass is 293 g/mol. The van der Waals surface area contributed by atoms with Crippen molar-refractivity contribution in [3.05, 3.63) is 53.2 Å². The molecule has 106 valence electrons. The van der Waals surface area contributed by atoms with Gasteiger partial charge in [-0.25, -0.2) is 0 Å². The minimum Gasteiger partial charge on any atom is -0.468 e. The Balaban J connectivity index is 2.03. The molecule has 0 fully saturated rings. The molecule has 1 unspecified atom stereocenters. The van der Waals surface area contributed by atoms with Gasteiger partial charge in [-0.3, -0.25) is 14.7 Å². The Morgan fingerprint density at radius 3 is 2.90 bits per heavy atom. The molecular formula is C14H16ClN3O2. The standard InChI is InChI=1S/C14H16ClN3O2/c1-18(2)12(13-4-3-7-20-13)9-17-14(19)10-8-16-6-5-11(10)15/h3-8,12H,9H2,1-2H3,(H,17,19). The Morgan fingerprint density at radius 1 is 1.50 bits per heavy atom. The maximum Gasteiger partial charge on any atom is 0.254 e. The maximum absolute atomic E-state index is 12.1. The average Bonchev–Trinajstić information content (AvgIpc) is 2.92. The van der Waals surface area contributed by atoms with Crippen LogP contribution in [0.5, 0.6) is 0 Å². The minimum atomic E-state index is -0.249. The van der Waals surface area contributed by atoms with E-state index in [1.54, 1.807) is 18.5 Å². The first-order valence-corrected chi connectivity index (χ1v) is 6.55. The zero-order chi connectivity index (χ0) is 14.5. The average molecular weight is 294 g/mol. The van der Waals surface area contributed by atoms with Gasteiger partial charge < -0.3 is 9.73 Å². The Morgan fingerprint density at radius 2 is 2.30 bits per heavy atom. The van der Waals surface area contributed by atoms with Crippen LogP contribution in [0.15, 0.2) is 41.3 Å². The van der Waals surface area contributed by atoms with Gasteiger partial charge in [-0.15, -0.1) is 0 Å². The molecule has 1 N–H and O–H groups in total. The van der Waals surface area contributed by atoms with Gasteiger partial charge in [0.05, 0.1) is 22.9 Å². The van der Waals surface area contributed by atoms with Gasteiger partial charge in [0.2, 0.25) is 0 Å². The molecule has 0 saturated heterocycles. The lowest BCUT2D eigenvalue weighted by Gasteiger charge is -2.22. The van der Waals surface area contributed by atoms with E-state index in [1.165, 1.54) is 6.20 Å². The van der Waals surface area contributed by atoms with Gasteiger partial charge in [-0.1, -0.05) is 11.6 Å². The molecule has 2 aromatic heterocycles. The third-order valence-electron chi connectivity index (χ3n) is 2.96. The summed E-state index contributed by atoms with van der Waals surface area (Å²) in [6.07, 6.45) is 4.62. The Hall–Kier alpha value is -1.85. The summed E-state index contributed by atoms with van der Waals surface area (Å²) in [6.45, 7) is 0.421. The highest BCUT2D eigenvalue weighted by Gasteiger charge is 2.19. The molecule has 1 amide bonds. The number of hydrogen-bond donors (Lipinski definition) is 1. The number of furan rings is 1. The number of amides is 1. The van der Waals surface area contributed by atoms with E-state index in [0.717, 1.165) is 5.76 Å². The number of nitrogens with zero attached hydrogens (tertiary/aromatic N) is 2. The second-order valence-electron chi connectivity index (χ2n) is 4.56. The van der Waals surface area contributed by atoms with Crippen LogP contribution in [0, 0.1) is 0 Å². The van der Waals surface area contributed by atoms with Crippen molar-refractivity contribution < 1.29 is 9.21 Å². The number of carbonyl (C=O) groups is 1. The smallest absolute Gasteiger partial charge is 0.254 e. The molecule has 6 heteroatoms. The summed E-state index contributed by atoms with van der Waals surface area (Å²) in [5.74, 6) is 0.550. The van der Waals surface area contributed by atoms with Gasteiger partial charge in [0.15, 0.2) is 0 Å². The van der Waals surface area contributed by atoms with Crippen LogP contribution in [0.4, 0.5) is 0 Å². The first-order chi connectivity index (χ1) is 9.59. The molecular weight excluding hydrogens is 278 g/mol. The normalized spacial score (nSPS) is 12.4. The molecule has 0 aliphatic heterocycles. The van der Waals surface area contributed by atoms with Crippen LogP contribution < -0.4 is 5.32 Å². The number of aromatic nitrogens is 1. The van der Waals surface area contributed by atoms with Crippen LogP contribution in [0.3, 0.4) is 0 Å². The summed E-state index contributed by atoms with van der Waals surface area (Å²) in [5, 5.41) is 3.23. The van der Waals surface area contributed by atoms with Crippen molar-refractivity contribution in [1.29, 1.82) is 0 Å². The van der Waals surface area contributed by atoms with E-state index in [0.29, 0.717) is 17.1 Å². The van der Waals surface area contributed by atoms with Gasteiger partial charge >= 0.3 is 0 Å². The van der Waals surface area contributed by atoms with E-state index in [4.69, 9.17) is 16.0 Å². The third kappa shape index (κ3) is 3.37. The predicted octanol–water partition coefficient (Wildman–Crippen LogP) is 2.36. The molecule has 2 aromatic rings. The summed E-state index contributed by atoms with van der Waals surface area (Å²) in [7, 11) is 3.85. The van der Waals surface area contributed by atoms with Crippen molar-refractivity contribution in [1.82, 2.24) is 15.2 Å². The van der Waals surface area contributed by atoms with Crippen molar-refractivity contribution in [2.75, 3.05) is 20.6 Å². The number of carbonyl (C=O) groups excluding carboxylic acids is 1. The molecule has 0 aliphatic carbocycles. The quantitative estimate of drug-likeness (QED) is 0.919. The molecule has 0 saturated carbocycles. The van der Waals surface area contributed by atoms with Crippen molar-refractivity contribution in [2.24, 2.45) is 0 Å². The molecule has 0 radical (unpaired) electrons. The zero-order valence-electron chi connectivity index (χ0n) is 11.3. The highest BCUT2D eigenvalue weighted by Crippen LogP contribution is 2.18. The summed E-state index contributed by atoms with van der Waals surface area (Å²) in [5.41, 5.74) is 0.367. The van der Waals surface area contributed by atoms with Gasteiger partial charge in [0.25, 0.3) is 5.91 Å². The van der Waals surface area contributed by atoms with Gasteiger partial charge in [0, 0.05) is 18.9 Å². The van der Waals surface area contributed by atoms with Crippen molar-refractivity contribution in [2.45, 2.75) is 6.04 Å². The first-order valence-electron chi connectivity index (χ1n) is 6.17. The number of pyridine rings is 1. The lowest BCUT2D eigenvalue weighted by molar-refractivity contribution is 0.0939. The fourth-order valence-electron chi connectivity index (χ4n) is 1.85. The Kier molecular flexibility index (Phi) is 4.76. The zero-order valence-corrected chi connectivity index (χ0v) is 12.1. The predicted molar refractivity (Wildman–Crippen MR) is 76.7 cm³/mol. The summed E-state index contributed by atoms with van der Waals surface area (Å²) in [6, 6.07) is 5.26. The third-order valence-corrected chi connectivity index (χ3v) is 3.29. The molecule has 0 spiro atoms.